The number of para-hydroxylation sites is 2. The van der Waals surface area contributed by atoms with Crippen LogP contribution in [-0.4, -0.2) is 23.8 Å². The average molecular weight is 482 g/mol. The van der Waals surface area contributed by atoms with Crippen LogP contribution in [0.1, 0.15) is 19.4 Å². The summed E-state index contributed by atoms with van der Waals surface area (Å²) in [6, 6.07) is 25.3. The number of benzene rings is 3. The Morgan fingerprint density at radius 3 is 1.74 bits per heavy atom. The van der Waals surface area contributed by atoms with Crippen molar-refractivity contribution >= 4 is 19.6 Å². The van der Waals surface area contributed by atoms with Crippen molar-refractivity contribution in [3.05, 3.63) is 96.6 Å². The van der Waals surface area contributed by atoms with Crippen LogP contribution in [0.3, 0.4) is 0 Å². The van der Waals surface area contributed by atoms with Gasteiger partial charge in [0, 0.05) is 0 Å². The van der Waals surface area contributed by atoms with Gasteiger partial charge in [0.05, 0.1) is 0 Å². The molecule has 0 spiro atoms. The summed E-state index contributed by atoms with van der Waals surface area (Å²) in [7, 11) is -3.91. The van der Waals surface area contributed by atoms with Crippen LogP contribution in [0.15, 0.2) is 91.0 Å². The van der Waals surface area contributed by atoms with Gasteiger partial charge in [-0.05, 0) is 43.7 Å². The van der Waals surface area contributed by atoms with Crippen molar-refractivity contribution in [2.75, 3.05) is 0 Å². The molecule has 1 unspecified atom stereocenters. The molecule has 0 radical (unpaired) electrons. The van der Waals surface area contributed by atoms with Gasteiger partial charge in [-0.3, -0.25) is 4.79 Å². The van der Waals surface area contributed by atoms with E-state index >= 15 is 0 Å². The third-order valence-corrected chi connectivity index (χ3v) is 6.73. The lowest BCUT2D eigenvalue weighted by Crippen LogP contribution is -2.48. The van der Waals surface area contributed by atoms with Gasteiger partial charge in [-0.25, -0.2) is 9.36 Å². The van der Waals surface area contributed by atoms with E-state index in [2.05, 4.69) is 10.6 Å². The second kappa shape index (κ2) is 11.9. The van der Waals surface area contributed by atoms with Gasteiger partial charge in [0.15, 0.2) is 5.78 Å². The van der Waals surface area contributed by atoms with Crippen molar-refractivity contribution in [2.24, 2.45) is 0 Å². The highest BCUT2D eigenvalue weighted by Gasteiger charge is 2.38. The van der Waals surface area contributed by atoms with Crippen molar-refractivity contribution in [1.29, 1.82) is 0 Å². The third-order valence-electron chi connectivity index (χ3n) is 4.72. The monoisotopic (exact) mass is 482 g/mol. The van der Waals surface area contributed by atoms with Gasteiger partial charge in [-0.2, -0.15) is 0 Å². The van der Waals surface area contributed by atoms with Crippen LogP contribution in [0.2, 0.25) is 0 Å². The molecule has 0 bridgehead atoms. The normalized spacial score (nSPS) is 12.6. The Morgan fingerprint density at radius 2 is 1.24 bits per heavy atom. The Bertz CT molecular complexity index is 1070. The summed E-state index contributed by atoms with van der Waals surface area (Å²) >= 11 is 0. The first-order valence-corrected chi connectivity index (χ1v) is 12.3. The number of alkyl carbamates (subject to hydrolysis) is 1. The SMILES string of the molecule is CC(NC(=O)[C@H](C)NC(=O)OCc1ccccc1)P(=O)(Oc1ccccc1)Oc1ccccc1. The van der Waals surface area contributed by atoms with E-state index in [1.807, 2.05) is 30.3 Å². The van der Waals surface area contributed by atoms with Gasteiger partial charge in [0.2, 0.25) is 5.91 Å². The van der Waals surface area contributed by atoms with Crippen molar-refractivity contribution in [3.63, 3.8) is 0 Å². The van der Waals surface area contributed by atoms with Gasteiger partial charge >= 0.3 is 13.7 Å². The fourth-order valence-electron chi connectivity index (χ4n) is 2.85. The van der Waals surface area contributed by atoms with E-state index in [9.17, 15) is 14.2 Å². The Balaban J connectivity index is 1.62. The highest BCUT2D eigenvalue weighted by atomic mass is 31.2. The van der Waals surface area contributed by atoms with Crippen LogP contribution in [-0.2, 0) is 20.7 Å². The molecule has 8 nitrogen and oxygen atoms in total. The van der Waals surface area contributed by atoms with Crippen LogP contribution >= 0.6 is 7.60 Å². The van der Waals surface area contributed by atoms with E-state index in [-0.39, 0.29) is 6.61 Å². The highest BCUT2D eigenvalue weighted by Crippen LogP contribution is 2.51. The Kier molecular flexibility index (Phi) is 8.71. The predicted molar refractivity (Wildman–Crippen MR) is 129 cm³/mol. The predicted octanol–water partition coefficient (Wildman–Crippen LogP) is 5.11. The van der Waals surface area contributed by atoms with Gasteiger partial charge in [-0.15, -0.1) is 0 Å². The van der Waals surface area contributed by atoms with E-state index in [0.29, 0.717) is 11.5 Å². The van der Waals surface area contributed by atoms with Crippen molar-refractivity contribution in [2.45, 2.75) is 32.3 Å². The summed E-state index contributed by atoms with van der Waals surface area (Å²) < 4.78 is 30.3. The summed E-state index contributed by atoms with van der Waals surface area (Å²) in [4.78, 5) is 24.8. The zero-order valence-electron chi connectivity index (χ0n) is 18.9. The molecule has 0 saturated heterocycles. The maximum Gasteiger partial charge on any atom is 0.452 e. The first-order valence-electron chi connectivity index (χ1n) is 10.7. The lowest BCUT2D eigenvalue weighted by Gasteiger charge is -2.26. The quantitative estimate of drug-likeness (QED) is 0.389. The maximum absolute atomic E-state index is 13.7. The van der Waals surface area contributed by atoms with Gasteiger partial charge in [0.25, 0.3) is 0 Å². The van der Waals surface area contributed by atoms with Crippen LogP contribution in [0.25, 0.3) is 0 Å². The summed E-state index contributed by atoms with van der Waals surface area (Å²) in [5.41, 5.74) is 0.820. The summed E-state index contributed by atoms with van der Waals surface area (Å²) in [6.07, 6.45) is -0.747. The number of carbonyl (C=O) groups excluding carboxylic acids is 2. The second-order valence-corrected chi connectivity index (χ2v) is 9.68. The summed E-state index contributed by atoms with van der Waals surface area (Å²) in [5, 5.41) is 5.08. The highest BCUT2D eigenvalue weighted by molar-refractivity contribution is 7.55. The molecule has 2 N–H and O–H groups in total. The topological polar surface area (TPSA) is 103 Å². The molecule has 3 rings (SSSR count). The molecular weight excluding hydrogens is 455 g/mol. The van der Waals surface area contributed by atoms with Crippen molar-refractivity contribution in [3.8, 4) is 11.5 Å². The number of amides is 2. The van der Waals surface area contributed by atoms with E-state index in [0.717, 1.165) is 5.56 Å². The lowest BCUT2D eigenvalue weighted by atomic mass is 10.2. The fraction of sp³-hybridized carbons (Fsp3) is 0.200. The second-order valence-electron chi connectivity index (χ2n) is 7.46. The molecule has 9 heteroatoms. The van der Waals surface area contributed by atoms with Crippen LogP contribution in [0, 0.1) is 0 Å². The molecule has 3 aromatic rings. The Labute approximate surface area is 198 Å². The van der Waals surface area contributed by atoms with Crippen LogP contribution in [0.5, 0.6) is 11.5 Å². The number of rotatable bonds is 10. The molecule has 0 heterocycles. The molecular formula is C25H27N2O6P. The zero-order valence-corrected chi connectivity index (χ0v) is 19.8. The number of hydrogen-bond donors (Lipinski definition) is 2. The fourth-order valence-corrected chi connectivity index (χ4v) is 4.32. The smallest absolute Gasteiger partial charge is 0.445 e. The molecule has 178 valence electrons. The van der Waals surface area contributed by atoms with Gasteiger partial charge in [0.1, 0.15) is 24.1 Å². The molecule has 0 aliphatic carbocycles. The van der Waals surface area contributed by atoms with Crippen LogP contribution in [0.4, 0.5) is 4.79 Å². The molecule has 2 atom stereocenters. The minimum Gasteiger partial charge on any atom is -0.445 e. The molecule has 0 saturated carbocycles. The molecule has 2 amide bonds. The number of nitrogens with one attached hydrogen (secondary N) is 2. The van der Waals surface area contributed by atoms with Gasteiger partial charge < -0.3 is 24.4 Å². The van der Waals surface area contributed by atoms with E-state index in [1.54, 1.807) is 60.7 Å². The molecule has 34 heavy (non-hydrogen) atoms. The standard InChI is InChI=1S/C25H27N2O6P/c1-19(26-25(29)31-18-21-12-6-3-7-13-21)24(28)27-20(2)34(30,32-22-14-8-4-9-15-22)33-23-16-10-5-11-17-23/h3-17,19-20H,18H2,1-2H3,(H,26,29)(H,27,28)/t19-,20?/m0/s1. The van der Waals surface area contributed by atoms with Crippen LogP contribution < -0.4 is 19.7 Å². The number of hydrogen-bond acceptors (Lipinski definition) is 6. The first kappa shape index (κ1) is 24.9. The average Bonchev–Trinajstić information content (AvgIpc) is 2.84. The summed E-state index contributed by atoms with van der Waals surface area (Å²) in [6.45, 7) is 3.08. The molecule has 3 aromatic carbocycles. The number of carbonyl (C=O) groups is 2. The largest absolute Gasteiger partial charge is 0.452 e. The minimum atomic E-state index is -3.91. The zero-order chi connectivity index (χ0) is 24.4. The molecule has 0 fully saturated rings. The molecule has 0 aromatic heterocycles. The van der Waals surface area contributed by atoms with E-state index in [4.69, 9.17) is 13.8 Å². The maximum atomic E-state index is 13.7. The summed E-state index contributed by atoms with van der Waals surface area (Å²) in [5.74, 6) is -0.931. The van der Waals surface area contributed by atoms with Crippen molar-refractivity contribution in [1.82, 2.24) is 10.6 Å². The third kappa shape index (κ3) is 7.39. The molecule has 0 aliphatic rings. The Hall–Kier alpha value is -3.77. The Morgan fingerprint density at radius 1 is 0.765 bits per heavy atom. The minimum absolute atomic E-state index is 0.0719. The lowest BCUT2D eigenvalue weighted by molar-refractivity contribution is -0.122. The first-order chi connectivity index (χ1) is 16.4. The van der Waals surface area contributed by atoms with Gasteiger partial charge in [-0.1, -0.05) is 66.7 Å². The molecule has 0 aliphatic heterocycles. The number of ether oxygens (including phenoxy) is 1. The van der Waals surface area contributed by atoms with E-state index < -0.39 is 31.4 Å². The van der Waals surface area contributed by atoms with E-state index in [1.165, 1.54) is 13.8 Å². The van der Waals surface area contributed by atoms with Crippen molar-refractivity contribution < 1.29 is 27.9 Å².